The fraction of sp³-hybridized carbons (Fsp3) is 0.375. The van der Waals surface area contributed by atoms with Crippen molar-refractivity contribution in [3.8, 4) is 0 Å². The fourth-order valence-corrected chi connectivity index (χ4v) is 0.836. The molecular weight excluding hydrogens is 144 g/mol. The zero-order valence-corrected chi connectivity index (χ0v) is 6.59. The third kappa shape index (κ3) is 1.61. The lowest BCUT2D eigenvalue weighted by Crippen LogP contribution is -1.93. The molecule has 1 aliphatic rings. The summed E-state index contributed by atoms with van der Waals surface area (Å²) < 4.78 is 9.90. The molecule has 0 atom stereocenters. The molecule has 0 unspecified atom stereocenters. The van der Waals surface area contributed by atoms with Gasteiger partial charge in [0.05, 0.1) is 12.7 Å². The molecule has 0 spiro atoms. The predicted molar refractivity (Wildman–Crippen MR) is 39.6 cm³/mol. The van der Waals surface area contributed by atoms with Gasteiger partial charge in [-0.15, -0.1) is 0 Å². The number of hydrogen-bond acceptors (Lipinski definition) is 3. The lowest BCUT2D eigenvalue weighted by Gasteiger charge is -2.02. The van der Waals surface area contributed by atoms with Gasteiger partial charge in [-0.25, -0.2) is 4.79 Å². The van der Waals surface area contributed by atoms with Crippen molar-refractivity contribution in [1.29, 1.82) is 0 Å². The predicted octanol–water partition coefficient (Wildman–Crippen LogP) is 1.37. The van der Waals surface area contributed by atoms with Crippen LogP contribution in [0.15, 0.2) is 23.7 Å². The van der Waals surface area contributed by atoms with E-state index in [-0.39, 0.29) is 5.97 Å². The Balaban J connectivity index is 2.74. The SMILES string of the molecule is C/C=C1\OC(=O)C=C1OCC. The quantitative estimate of drug-likeness (QED) is 0.563. The van der Waals surface area contributed by atoms with Gasteiger partial charge in [-0.05, 0) is 19.9 Å². The Hall–Kier alpha value is -1.25. The molecule has 0 saturated heterocycles. The van der Waals surface area contributed by atoms with Gasteiger partial charge in [0, 0.05) is 0 Å². The third-order valence-electron chi connectivity index (χ3n) is 1.26. The van der Waals surface area contributed by atoms with Crippen LogP contribution in [0.4, 0.5) is 0 Å². The second kappa shape index (κ2) is 3.23. The van der Waals surface area contributed by atoms with Crippen molar-refractivity contribution in [2.75, 3.05) is 6.61 Å². The first-order valence-corrected chi connectivity index (χ1v) is 3.51. The third-order valence-corrected chi connectivity index (χ3v) is 1.26. The zero-order valence-electron chi connectivity index (χ0n) is 6.59. The smallest absolute Gasteiger partial charge is 0.340 e. The van der Waals surface area contributed by atoms with E-state index in [1.54, 1.807) is 13.0 Å². The molecule has 1 rings (SSSR count). The normalized spacial score (nSPS) is 20.0. The monoisotopic (exact) mass is 154 g/mol. The molecule has 11 heavy (non-hydrogen) atoms. The molecule has 0 bridgehead atoms. The molecule has 0 aliphatic carbocycles. The van der Waals surface area contributed by atoms with Gasteiger partial charge in [0.1, 0.15) is 0 Å². The van der Waals surface area contributed by atoms with Gasteiger partial charge in [0.2, 0.25) is 0 Å². The van der Waals surface area contributed by atoms with E-state index in [0.717, 1.165) is 0 Å². The largest absolute Gasteiger partial charge is 0.490 e. The summed E-state index contributed by atoms with van der Waals surface area (Å²) in [4.78, 5) is 10.7. The molecule has 3 nitrogen and oxygen atoms in total. The Bertz CT molecular complexity index is 225. The van der Waals surface area contributed by atoms with Gasteiger partial charge >= 0.3 is 5.97 Å². The highest BCUT2D eigenvalue weighted by atomic mass is 16.6. The van der Waals surface area contributed by atoms with Crippen molar-refractivity contribution in [3.05, 3.63) is 23.7 Å². The molecule has 0 radical (unpaired) electrons. The minimum Gasteiger partial charge on any atom is -0.490 e. The molecule has 0 aromatic rings. The van der Waals surface area contributed by atoms with Gasteiger partial charge in [0.15, 0.2) is 11.5 Å². The first-order chi connectivity index (χ1) is 5.27. The summed E-state index contributed by atoms with van der Waals surface area (Å²) >= 11 is 0. The number of rotatable bonds is 2. The van der Waals surface area contributed by atoms with Gasteiger partial charge in [-0.3, -0.25) is 0 Å². The molecule has 60 valence electrons. The fourth-order valence-electron chi connectivity index (χ4n) is 0.836. The number of allylic oxidation sites excluding steroid dienone is 1. The molecule has 0 aromatic carbocycles. The van der Waals surface area contributed by atoms with Crippen molar-refractivity contribution in [2.24, 2.45) is 0 Å². The maximum Gasteiger partial charge on any atom is 0.340 e. The van der Waals surface area contributed by atoms with Gasteiger partial charge in [-0.2, -0.15) is 0 Å². The van der Waals surface area contributed by atoms with Crippen LogP contribution >= 0.6 is 0 Å². The maximum absolute atomic E-state index is 10.7. The summed E-state index contributed by atoms with van der Waals surface area (Å²) in [6.45, 7) is 4.19. The van der Waals surface area contributed by atoms with Gasteiger partial charge in [-0.1, -0.05) is 0 Å². The Morgan fingerprint density at radius 3 is 3.00 bits per heavy atom. The number of hydrogen-bond donors (Lipinski definition) is 0. The van der Waals surface area contributed by atoms with Crippen molar-refractivity contribution in [3.63, 3.8) is 0 Å². The maximum atomic E-state index is 10.7. The summed E-state index contributed by atoms with van der Waals surface area (Å²) in [6, 6.07) is 0. The van der Waals surface area contributed by atoms with E-state index in [1.165, 1.54) is 6.08 Å². The standard InChI is InChI=1S/C8H10O3/c1-3-6-7(10-4-2)5-8(9)11-6/h3,5H,4H2,1-2H3/b6-3-. The molecule has 1 aliphatic heterocycles. The molecule has 3 heteroatoms. The van der Waals surface area contributed by atoms with Crippen LogP contribution in [0.2, 0.25) is 0 Å². The van der Waals surface area contributed by atoms with E-state index in [2.05, 4.69) is 0 Å². The van der Waals surface area contributed by atoms with E-state index >= 15 is 0 Å². The van der Waals surface area contributed by atoms with Crippen LogP contribution in [-0.2, 0) is 14.3 Å². The van der Waals surface area contributed by atoms with Gasteiger partial charge in [0.25, 0.3) is 0 Å². The minimum absolute atomic E-state index is 0.360. The summed E-state index contributed by atoms with van der Waals surface area (Å²) in [7, 11) is 0. The highest BCUT2D eigenvalue weighted by Crippen LogP contribution is 2.19. The van der Waals surface area contributed by atoms with Crippen LogP contribution in [0.1, 0.15) is 13.8 Å². The number of cyclic esters (lactones) is 1. The second-order valence-corrected chi connectivity index (χ2v) is 2.02. The highest BCUT2D eigenvalue weighted by molar-refractivity contribution is 5.87. The minimum atomic E-state index is -0.360. The van der Waals surface area contributed by atoms with E-state index in [0.29, 0.717) is 18.1 Å². The van der Waals surface area contributed by atoms with E-state index in [9.17, 15) is 4.79 Å². The van der Waals surface area contributed by atoms with Crippen LogP contribution in [-0.4, -0.2) is 12.6 Å². The summed E-state index contributed by atoms with van der Waals surface area (Å²) in [6.07, 6.45) is 3.05. The van der Waals surface area contributed by atoms with Crippen LogP contribution in [0.25, 0.3) is 0 Å². The summed E-state index contributed by atoms with van der Waals surface area (Å²) in [5.74, 6) is 0.679. The Morgan fingerprint density at radius 2 is 2.45 bits per heavy atom. The van der Waals surface area contributed by atoms with Crippen LogP contribution in [0, 0.1) is 0 Å². The van der Waals surface area contributed by atoms with Crippen molar-refractivity contribution >= 4 is 5.97 Å². The molecular formula is C8H10O3. The topological polar surface area (TPSA) is 35.5 Å². The van der Waals surface area contributed by atoms with Gasteiger partial charge < -0.3 is 9.47 Å². The molecule has 0 saturated carbocycles. The van der Waals surface area contributed by atoms with Crippen LogP contribution in [0.3, 0.4) is 0 Å². The summed E-state index contributed by atoms with van der Waals surface area (Å²) in [5.41, 5.74) is 0. The summed E-state index contributed by atoms with van der Waals surface area (Å²) in [5, 5.41) is 0. The number of carbonyl (C=O) groups is 1. The Labute approximate surface area is 65.3 Å². The van der Waals surface area contributed by atoms with E-state index < -0.39 is 0 Å². The van der Waals surface area contributed by atoms with Crippen molar-refractivity contribution < 1.29 is 14.3 Å². The first kappa shape index (κ1) is 7.85. The van der Waals surface area contributed by atoms with Crippen LogP contribution in [0.5, 0.6) is 0 Å². The highest BCUT2D eigenvalue weighted by Gasteiger charge is 2.19. The molecule has 1 heterocycles. The zero-order chi connectivity index (χ0) is 8.27. The van der Waals surface area contributed by atoms with Crippen LogP contribution < -0.4 is 0 Å². The number of carbonyl (C=O) groups excluding carboxylic acids is 1. The van der Waals surface area contributed by atoms with Crippen molar-refractivity contribution in [1.82, 2.24) is 0 Å². The first-order valence-electron chi connectivity index (χ1n) is 3.51. The molecule has 0 aromatic heterocycles. The molecule has 0 N–H and O–H groups in total. The lowest BCUT2D eigenvalue weighted by molar-refractivity contribution is -0.132. The Kier molecular flexibility index (Phi) is 2.31. The lowest BCUT2D eigenvalue weighted by atomic mass is 10.4. The molecule has 0 fully saturated rings. The average Bonchev–Trinajstić information content (AvgIpc) is 2.32. The molecule has 0 amide bonds. The Morgan fingerprint density at radius 1 is 1.73 bits per heavy atom. The second-order valence-electron chi connectivity index (χ2n) is 2.02. The van der Waals surface area contributed by atoms with Crippen molar-refractivity contribution in [2.45, 2.75) is 13.8 Å². The average molecular weight is 154 g/mol. The van der Waals surface area contributed by atoms with E-state index in [1.807, 2.05) is 6.92 Å². The number of esters is 1. The van der Waals surface area contributed by atoms with E-state index in [4.69, 9.17) is 9.47 Å². The number of ether oxygens (including phenoxy) is 2.